The van der Waals surface area contributed by atoms with Crippen molar-refractivity contribution < 1.29 is 22.7 Å². The third-order valence-corrected chi connectivity index (χ3v) is 4.16. The lowest BCUT2D eigenvalue weighted by molar-refractivity contribution is 0.0695. The Morgan fingerprint density at radius 1 is 1.55 bits per heavy atom. The number of aromatic nitrogens is 2. The summed E-state index contributed by atoms with van der Waals surface area (Å²) >= 11 is 0. The molecule has 0 radical (unpaired) electrons. The van der Waals surface area contributed by atoms with E-state index in [0.717, 1.165) is 0 Å². The Morgan fingerprint density at radius 3 is 2.75 bits per heavy atom. The molecule has 0 unspecified atom stereocenters. The van der Waals surface area contributed by atoms with Gasteiger partial charge in [0.2, 0.25) is 0 Å². The number of hydrogen-bond acceptors (Lipinski definition) is 5. The monoisotopic (exact) mass is 299 g/mol. The number of carboxylic acids is 1. The first kappa shape index (κ1) is 14.3. The summed E-state index contributed by atoms with van der Waals surface area (Å²) in [7, 11) is -2.22. The van der Waals surface area contributed by atoms with Crippen LogP contribution in [0.2, 0.25) is 0 Å². The number of nitrogens with zero attached hydrogens (tertiary/aromatic N) is 2. The van der Waals surface area contributed by atoms with Crippen molar-refractivity contribution in [3.8, 4) is 0 Å². The van der Waals surface area contributed by atoms with Gasteiger partial charge in [-0.15, -0.1) is 0 Å². The molecule has 2 aromatic rings. The minimum absolute atomic E-state index is 0.0132. The number of aromatic carboxylic acids is 1. The van der Waals surface area contributed by atoms with Crippen LogP contribution in [0.3, 0.4) is 0 Å². The molecule has 0 aliphatic rings. The quantitative estimate of drug-likeness (QED) is 0.830. The minimum Gasteiger partial charge on any atom is -0.478 e. The topological polar surface area (TPSA) is 114 Å². The van der Waals surface area contributed by atoms with E-state index < -0.39 is 16.0 Å². The molecule has 0 amide bonds. The standard InChI is InChI=1S/C11H13N3O5S/c1-7-9(11(15)16)5-8(19-7)6-13-20(17,18)10-3-4-12-14(10)2/h3-5,13H,6H2,1-2H3,(H,15,16). The van der Waals surface area contributed by atoms with Crippen molar-refractivity contribution >= 4 is 16.0 Å². The first-order valence-corrected chi connectivity index (χ1v) is 7.10. The van der Waals surface area contributed by atoms with Gasteiger partial charge in [-0.3, -0.25) is 4.68 Å². The molecule has 0 aromatic carbocycles. The molecule has 0 aliphatic heterocycles. The lowest BCUT2D eigenvalue weighted by atomic mass is 10.2. The molecule has 0 saturated heterocycles. The van der Waals surface area contributed by atoms with E-state index in [1.54, 1.807) is 0 Å². The largest absolute Gasteiger partial charge is 0.478 e. The first-order chi connectivity index (χ1) is 9.31. The SMILES string of the molecule is Cc1oc(CNS(=O)(=O)c2ccnn2C)cc1C(=O)O. The average Bonchev–Trinajstić information content (AvgIpc) is 2.93. The number of sulfonamides is 1. The summed E-state index contributed by atoms with van der Waals surface area (Å²) < 4.78 is 32.7. The highest BCUT2D eigenvalue weighted by molar-refractivity contribution is 7.89. The molecule has 2 rings (SSSR count). The van der Waals surface area contributed by atoms with Crippen LogP contribution in [0.25, 0.3) is 0 Å². The van der Waals surface area contributed by atoms with Crippen LogP contribution in [0.1, 0.15) is 21.9 Å². The summed E-state index contributed by atoms with van der Waals surface area (Å²) in [5.74, 6) is -0.662. The molecule has 0 atom stereocenters. The van der Waals surface area contributed by atoms with Crippen LogP contribution in [0.4, 0.5) is 0 Å². The Morgan fingerprint density at radius 2 is 2.25 bits per heavy atom. The highest BCUT2D eigenvalue weighted by Gasteiger charge is 2.19. The maximum absolute atomic E-state index is 12.0. The normalized spacial score (nSPS) is 11.7. The Kier molecular flexibility index (Phi) is 3.64. The van der Waals surface area contributed by atoms with Crippen LogP contribution in [-0.2, 0) is 23.6 Å². The maximum Gasteiger partial charge on any atom is 0.339 e. The van der Waals surface area contributed by atoms with E-state index in [1.165, 1.54) is 37.0 Å². The van der Waals surface area contributed by atoms with Crippen LogP contribution in [0.15, 0.2) is 27.8 Å². The van der Waals surface area contributed by atoms with Crippen molar-refractivity contribution in [3.63, 3.8) is 0 Å². The van der Waals surface area contributed by atoms with Crippen LogP contribution in [0, 0.1) is 6.92 Å². The predicted octanol–water partition coefficient (Wildman–Crippen LogP) is 0.498. The van der Waals surface area contributed by atoms with Gasteiger partial charge < -0.3 is 9.52 Å². The number of carboxylic acid groups (broad SMARTS) is 1. The van der Waals surface area contributed by atoms with Crippen molar-refractivity contribution in [2.75, 3.05) is 0 Å². The van der Waals surface area contributed by atoms with E-state index >= 15 is 0 Å². The zero-order valence-corrected chi connectivity index (χ0v) is 11.6. The van der Waals surface area contributed by atoms with Crippen LogP contribution >= 0.6 is 0 Å². The maximum atomic E-state index is 12.0. The highest BCUT2D eigenvalue weighted by atomic mass is 32.2. The molecule has 0 saturated carbocycles. The van der Waals surface area contributed by atoms with Gasteiger partial charge in [0.05, 0.1) is 12.7 Å². The number of rotatable bonds is 5. The zero-order valence-electron chi connectivity index (χ0n) is 10.8. The van der Waals surface area contributed by atoms with Gasteiger partial charge in [-0.05, 0) is 19.1 Å². The molecule has 8 nitrogen and oxygen atoms in total. The first-order valence-electron chi connectivity index (χ1n) is 5.61. The molecule has 108 valence electrons. The van der Waals surface area contributed by atoms with Crippen molar-refractivity contribution in [3.05, 3.63) is 35.4 Å². The van der Waals surface area contributed by atoms with Gasteiger partial charge in [-0.2, -0.15) is 5.10 Å². The van der Waals surface area contributed by atoms with Crippen molar-refractivity contribution in [2.24, 2.45) is 7.05 Å². The van der Waals surface area contributed by atoms with E-state index in [9.17, 15) is 13.2 Å². The van der Waals surface area contributed by atoms with Gasteiger partial charge >= 0.3 is 5.97 Å². The molecular weight excluding hydrogens is 286 g/mol. The second kappa shape index (κ2) is 5.10. The van der Waals surface area contributed by atoms with E-state index in [0.29, 0.717) is 0 Å². The van der Waals surface area contributed by atoms with E-state index in [1.807, 2.05) is 0 Å². The third-order valence-electron chi connectivity index (χ3n) is 2.69. The van der Waals surface area contributed by atoms with E-state index in [4.69, 9.17) is 9.52 Å². The molecule has 0 spiro atoms. The summed E-state index contributed by atoms with van der Waals surface area (Å²) in [6.07, 6.45) is 1.37. The summed E-state index contributed by atoms with van der Waals surface area (Å²) in [6, 6.07) is 2.65. The Bertz CT molecular complexity index is 744. The Labute approximate surface area is 115 Å². The van der Waals surface area contributed by atoms with Crippen LogP contribution in [0.5, 0.6) is 0 Å². The molecule has 2 aromatic heterocycles. The minimum atomic E-state index is -3.73. The zero-order chi connectivity index (χ0) is 14.9. The smallest absolute Gasteiger partial charge is 0.339 e. The number of aryl methyl sites for hydroxylation is 2. The highest BCUT2D eigenvalue weighted by Crippen LogP contribution is 2.15. The Balaban J connectivity index is 2.15. The summed E-state index contributed by atoms with van der Waals surface area (Å²) in [5, 5.41) is 12.7. The van der Waals surface area contributed by atoms with Gasteiger partial charge in [0.25, 0.3) is 10.0 Å². The molecule has 0 bridgehead atoms. The van der Waals surface area contributed by atoms with E-state index in [2.05, 4.69) is 9.82 Å². The molecule has 2 N–H and O–H groups in total. The van der Waals surface area contributed by atoms with Crippen molar-refractivity contribution in [1.29, 1.82) is 0 Å². The predicted molar refractivity (Wildman–Crippen MR) is 67.6 cm³/mol. The lowest BCUT2D eigenvalue weighted by Gasteiger charge is -2.04. The van der Waals surface area contributed by atoms with Gasteiger partial charge in [-0.25, -0.2) is 17.9 Å². The summed E-state index contributed by atoms with van der Waals surface area (Å²) in [6.45, 7) is 1.37. The summed E-state index contributed by atoms with van der Waals surface area (Å²) in [4.78, 5) is 10.9. The number of nitrogens with one attached hydrogen (secondary N) is 1. The van der Waals surface area contributed by atoms with Crippen LogP contribution < -0.4 is 4.72 Å². The second-order valence-corrected chi connectivity index (χ2v) is 5.82. The molecule has 0 fully saturated rings. The average molecular weight is 299 g/mol. The molecule has 0 aliphatic carbocycles. The number of carbonyl (C=O) groups is 1. The van der Waals surface area contributed by atoms with Gasteiger partial charge in [0.1, 0.15) is 17.1 Å². The van der Waals surface area contributed by atoms with Gasteiger partial charge in [-0.1, -0.05) is 0 Å². The van der Waals surface area contributed by atoms with Crippen LogP contribution in [-0.4, -0.2) is 29.3 Å². The lowest BCUT2D eigenvalue weighted by Crippen LogP contribution is -2.25. The Hall–Kier alpha value is -2.13. The second-order valence-electron chi connectivity index (χ2n) is 4.11. The number of furan rings is 1. The fourth-order valence-corrected chi connectivity index (χ4v) is 2.82. The van der Waals surface area contributed by atoms with Crippen molar-refractivity contribution in [2.45, 2.75) is 18.5 Å². The molecule has 20 heavy (non-hydrogen) atoms. The molecule has 2 heterocycles. The molecule has 9 heteroatoms. The van der Waals surface area contributed by atoms with E-state index in [-0.39, 0.29) is 28.7 Å². The number of hydrogen-bond donors (Lipinski definition) is 2. The fourth-order valence-electron chi connectivity index (χ4n) is 1.71. The van der Waals surface area contributed by atoms with Gasteiger partial charge in [0, 0.05) is 7.05 Å². The molecular formula is C11H13N3O5S. The summed E-state index contributed by atoms with van der Waals surface area (Å²) in [5.41, 5.74) is 0.0136. The van der Waals surface area contributed by atoms with Crippen molar-refractivity contribution in [1.82, 2.24) is 14.5 Å². The third kappa shape index (κ3) is 2.73. The van der Waals surface area contributed by atoms with Gasteiger partial charge in [0.15, 0.2) is 5.03 Å². The fraction of sp³-hybridized carbons (Fsp3) is 0.273.